The fourth-order valence-electron chi connectivity index (χ4n) is 2.00. The van der Waals surface area contributed by atoms with E-state index < -0.39 is 0 Å². The van der Waals surface area contributed by atoms with Crippen LogP contribution in [0.5, 0.6) is 5.75 Å². The normalized spacial score (nSPS) is 10.7. The van der Waals surface area contributed by atoms with Crippen molar-refractivity contribution < 1.29 is 4.74 Å². The fourth-order valence-corrected chi connectivity index (χ4v) is 2.00. The van der Waals surface area contributed by atoms with Crippen LogP contribution in [0, 0.1) is 0 Å². The summed E-state index contributed by atoms with van der Waals surface area (Å²) in [7, 11) is 1.67. The van der Waals surface area contributed by atoms with Gasteiger partial charge in [-0.05, 0) is 24.5 Å². The highest BCUT2D eigenvalue weighted by molar-refractivity contribution is 5.60. The average Bonchev–Trinajstić information content (AvgIpc) is 2.52. The lowest BCUT2D eigenvalue weighted by Crippen LogP contribution is -2.06. The van der Waals surface area contributed by atoms with E-state index >= 15 is 0 Å². The van der Waals surface area contributed by atoms with Crippen LogP contribution in [0.4, 0.5) is 5.82 Å². The van der Waals surface area contributed by atoms with E-state index in [1.54, 1.807) is 7.11 Å². The number of nitrogens with one attached hydrogen (secondary N) is 1. The number of benzene rings is 1. The summed E-state index contributed by atoms with van der Waals surface area (Å²) in [5.74, 6) is 2.79. The summed E-state index contributed by atoms with van der Waals surface area (Å²) in [4.78, 5) is 9.30. The van der Waals surface area contributed by atoms with Crippen LogP contribution < -0.4 is 10.1 Å². The predicted molar refractivity (Wildman–Crippen MR) is 86.9 cm³/mol. The van der Waals surface area contributed by atoms with Crippen molar-refractivity contribution in [2.24, 2.45) is 0 Å². The first-order chi connectivity index (χ1) is 10.1. The fraction of sp³-hybridized carbons (Fsp3) is 0.412. The zero-order valence-electron chi connectivity index (χ0n) is 13.2. The zero-order valence-corrected chi connectivity index (χ0v) is 13.2. The van der Waals surface area contributed by atoms with Gasteiger partial charge in [-0.2, -0.15) is 0 Å². The molecule has 112 valence electrons. The molecule has 2 rings (SSSR count). The van der Waals surface area contributed by atoms with Gasteiger partial charge in [0, 0.05) is 23.9 Å². The highest BCUT2D eigenvalue weighted by Gasteiger charge is 2.10. The quantitative estimate of drug-likeness (QED) is 0.868. The molecule has 1 aromatic heterocycles. The van der Waals surface area contributed by atoms with Crippen molar-refractivity contribution in [3.05, 3.63) is 36.0 Å². The predicted octanol–water partition coefficient (Wildman–Crippen LogP) is 4.10. The molecule has 0 aliphatic rings. The Bertz CT molecular complexity index is 596. The van der Waals surface area contributed by atoms with Crippen molar-refractivity contribution in [3.8, 4) is 17.1 Å². The van der Waals surface area contributed by atoms with Crippen LogP contribution in [-0.2, 0) is 0 Å². The maximum Gasteiger partial charge on any atom is 0.161 e. The molecule has 0 radical (unpaired) electrons. The summed E-state index contributed by atoms with van der Waals surface area (Å²) < 4.78 is 5.28. The Hall–Kier alpha value is -2.10. The molecule has 1 aromatic carbocycles. The third kappa shape index (κ3) is 3.94. The molecule has 0 spiro atoms. The van der Waals surface area contributed by atoms with Crippen molar-refractivity contribution in [2.75, 3.05) is 19.0 Å². The molecule has 0 atom stereocenters. The van der Waals surface area contributed by atoms with Crippen molar-refractivity contribution in [1.82, 2.24) is 9.97 Å². The summed E-state index contributed by atoms with van der Waals surface area (Å²) in [6.45, 7) is 7.33. The minimum absolute atomic E-state index is 0.361. The number of rotatable bonds is 6. The second-order valence-corrected chi connectivity index (χ2v) is 5.32. The van der Waals surface area contributed by atoms with E-state index in [4.69, 9.17) is 4.74 Å². The van der Waals surface area contributed by atoms with E-state index in [-0.39, 0.29) is 0 Å². The first kappa shape index (κ1) is 15.3. The first-order valence-electron chi connectivity index (χ1n) is 7.41. The number of hydrogen-bond acceptors (Lipinski definition) is 4. The Morgan fingerprint density at radius 3 is 2.67 bits per heavy atom. The molecular formula is C17H23N3O. The van der Waals surface area contributed by atoms with Crippen LogP contribution in [0.1, 0.15) is 38.8 Å². The summed E-state index contributed by atoms with van der Waals surface area (Å²) in [6, 6.07) is 9.88. The largest absolute Gasteiger partial charge is 0.497 e. The van der Waals surface area contributed by atoms with Gasteiger partial charge in [0.05, 0.1) is 7.11 Å². The number of methoxy groups -OCH3 is 1. The van der Waals surface area contributed by atoms with Gasteiger partial charge in [0.1, 0.15) is 11.6 Å². The number of nitrogens with zero attached hydrogens (tertiary/aromatic N) is 2. The monoisotopic (exact) mass is 285 g/mol. The Labute approximate surface area is 126 Å². The van der Waals surface area contributed by atoms with E-state index in [0.717, 1.165) is 41.6 Å². The van der Waals surface area contributed by atoms with E-state index in [0.29, 0.717) is 5.92 Å². The minimum Gasteiger partial charge on any atom is -0.497 e. The molecule has 0 bridgehead atoms. The van der Waals surface area contributed by atoms with Crippen LogP contribution in [0.15, 0.2) is 30.3 Å². The third-order valence-corrected chi connectivity index (χ3v) is 3.22. The average molecular weight is 285 g/mol. The molecule has 0 aliphatic heterocycles. The molecule has 1 N–H and O–H groups in total. The van der Waals surface area contributed by atoms with Gasteiger partial charge in [-0.3, -0.25) is 0 Å². The lowest BCUT2D eigenvalue weighted by Gasteiger charge is -2.12. The molecule has 0 unspecified atom stereocenters. The lowest BCUT2D eigenvalue weighted by atomic mass is 10.1. The van der Waals surface area contributed by atoms with E-state index in [9.17, 15) is 0 Å². The molecule has 0 saturated carbocycles. The molecule has 21 heavy (non-hydrogen) atoms. The highest BCUT2D eigenvalue weighted by atomic mass is 16.5. The van der Waals surface area contributed by atoms with Gasteiger partial charge >= 0.3 is 0 Å². The van der Waals surface area contributed by atoms with Crippen LogP contribution in [0.2, 0.25) is 0 Å². The van der Waals surface area contributed by atoms with Crippen LogP contribution >= 0.6 is 0 Å². The van der Waals surface area contributed by atoms with Gasteiger partial charge in [0.15, 0.2) is 5.82 Å². The molecule has 0 fully saturated rings. The third-order valence-electron chi connectivity index (χ3n) is 3.22. The van der Waals surface area contributed by atoms with E-state index in [1.807, 2.05) is 30.3 Å². The molecule has 4 nitrogen and oxygen atoms in total. The minimum atomic E-state index is 0.361. The van der Waals surface area contributed by atoms with Crippen molar-refractivity contribution in [3.63, 3.8) is 0 Å². The molecule has 0 aliphatic carbocycles. The van der Waals surface area contributed by atoms with E-state index in [1.165, 1.54) is 0 Å². The molecule has 0 saturated heterocycles. The molecular weight excluding hydrogens is 262 g/mol. The standard InChI is InChI=1S/C17H23N3O/c1-5-9-18-16-11-15(12(2)3)19-17(20-16)13-7-6-8-14(10-13)21-4/h6-8,10-12H,5,9H2,1-4H3,(H,18,19,20). The SMILES string of the molecule is CCCNc1cc(C(C)C)nc(-c2cccc(OC)c2)n1. The zero-order chi connectivity index (χ0) is 15.2. The van der Waals surface area contributed by atoms with Gasteiger partial charge in [0.25, 0.3) is 0 Å². The summed E-state index contributed by atoms with van der Waals surface area (Å²) in [5, 5.41) is 3.35. The van der Waals surface area contributed by atoms with Crippen molar-refractivity contribution in [2.45, 2.75) is 33.1 Å². The molecule has 0 amide bonds. The Morgan fingerprint density at radius 2 is 2.00 bits per heavy atom. The van der Waals surface area contributed by atoms with Crippen molar-refractivity contribution >= 4 is 5.82 Å². The van der Waals surface area contributed by atoms with Crippen LogP contribution in [0.25, 0.3) is 11.4 Å². The molecule has 2 aromatic rings. The molecule has 4 heteroatoms. The number of hydrogen-bond donors (Lipinski definition) is 1. The summed E-state index contributed by atoms with van der Waals surface area (Å²) >= 11 is 0. The number of anilines is 1. The van der Waals surface area contributed by atoms with Gasteiger partial charge in [0.2, 0.25) is 0 Å². The van der Waals surface area contributed by atoms with Gasteiger partial charge in [-0.25, -0.2) is 9.97 Å². The topological polar surface area (TPSA) is 47.0 Å². The van der Waals surface area contributed by atoms with Crippen LogP contribution in [0.3, 0.4) is 0 Å². The maximum absolute atomic E-state index is 5.28. The Morgan fingerprint density at radius 1 is 1.19 bits per heavy atom. The summed E-state index contributed by atoms with van der Waals surface area (Å²) in [5.41, 5.74) is 2.01. The van der Waals surface area contributed by atoms with Gasteiger partial charge in [-0.15, -0.1) is 0 Å². The highest BCUT2D eigenvalue weighted by Crippen LogP contribution is 2.24. The number of aromatic nitrogens is 2. The first-order valence-corrected chi connectivity index (χ1v) is 7.41. The molecule has 1 heterocycles. The van der Waals surface area contributed by atoms with Gasteiger partial charge in [-0.1, -0.05) is 32.9 Å². The van der Waals surface area contributed by atoms with Crippen LogP contribution in [-0.4, -0.2) is 23.6 Å². The van der Waals surface area contributed by atoms with E-state index in [2.05, 4.69) is 36.1 Å². The summed E-state index contributed by atoms with van der Waals surface area (Å²) in [6.07, 6.45) is 1.06. The second kappa shape index (κ2) is 7.07. The van der Waals surface area contributed by atoms with Crippen molar-refractivity contribution in [1.29, 1.82) is 0 Å². The Balaban J connectivity index is 2.43. The lowest BCUT2D eigenvalue weighted by molar-refractivity contribution is 0.415. The smallest absolute Gasteiger partial charge is 0.161 e. The Kier molecular flexibility index (Phi) is 5.14. The second-order valence-electron chi connectivity index (χ2n) is 5.32. The van der Waals surface area contributed by atoms with Gasteiger partial charge < -0.3 is 10.1 Å². The number of ether oxygens (including phenoxy) is 1. The maximum atomic E-state index is 5.28.